The SMILES string of the molecule is COc1cc(OC)cc(C(=O)NCCCBr)c1. The molecule has 1 aromatic rings. The minimum absolute atomic E-state index is 0.122. The van der Waals surface area contributed by atoms with Crippen molar-refractivity contribution in [2.75, 3.05) is 26.1 Å². The zero-order chi connectivity index (χ0) is 12.7. The Labute approximate surface area is 109 Å². The van der Waals surface area contributed by atoms with Gasteiger partial charge in [-0.2, -0.15) is 0 Å². The van der Waals surface area contributed by atoms with Gasteiger partial charge in [-0.05, 0) is 18.6 Å². The summed E-state index contributed by atoms with van der Waals surface area (Å²) in [6.45, 7) is 0.642. The predicted octanol–water partition coefficient (Wildman–Crippen LogP) is 2.22. The fourth-order valence-corrected chi connectivity index (χ4v) is 1.59. The Kier molecular flexibility index (Phi) is 5.83. The molecule has 17 heavy (non-hydrogen) atoms. The molecule has 1 rings (SSSR count). The Hall–Kier alpha value is -1.23. The highest BCUT2D eigenvalue weighted by Crippen LogP contribution is 2.22. The maximum absolute atomic E-state index is 11.8. The van der Waals surface area contributed by atoms with Gasteiger partial charge in [0.15, 0.2) is 0 Å². The van der Waals surface area contributed by atoms with E-state index in [9.17, 15) is 4.79 Å². The smallest absolute Gasteiger partial charge is 0.251 e. The molecule has 0 aliphatic carbocycles. The zero-order valence-corrected chi connectivity index (χ0v) is 11.5. The lowest BCUT2D eigenvalue weighted by atomic mass is 10.2. The van der Waals surface area contributed by atoms with Crippen molar-refractivity contribution in [2.24, 2.45) is 0 Å². The molecule has 0 aromatic heterocycles. The predicted molar refractivity (Wildman–Crippen MR) is 70.3 cm³/mol. The minimum atomic E-state index is -0.122. The van der Waals surface area contributed by atoms with E-state index in [0.29, 0.717) is 23.6 Å². The Morgan fingerprint density at radius 2 is 1.82 bits per heavy atom. The van der Waals surface area contributed by atoms with Crippen molar-refractivity contribution < 1.29 is 14.3 Å². The molecule has 1 amide bonds. The summed E-state index contributed by atoms with van der Waals surface area (Å²) in [5.41, 5.74) is 0.538. The molecule has 1 N–H and O–H groups in total. The average molecular weight is 302 g/mol. The molecule has 0 saturated carbocycles. The van der Waals surface area contributed by atoms with Crippen LogP contribution < -0.4 is 14.8 Å². The summed E-state index contributed by atoms with van der Waals surface area (Å²) in [7, 11) is 3.11. The molecule has 0 spiro atoms. The van der Waals surface area contributed by atoms with Crippen LogP contribution in [-0.4, -0.2) is 32.0 Å². The number of rotatable bonds is 6. The van der Waals surface area contributed by atoms with Gasteiger partial charge >= 0.3 is 0 Å². The first kappa shape index (κ1) is 13.8. The lowest BCUT2D eigenvalue weighted by Gasteiger charge is -2.08. The zero-order valence-electron chi connectivity index (χ0n) is 9.96. The Bertz CT molecular complexity index is 360. The first-order chi connectivity index (χ1) is 8.21. The number of hydrogen-bond acceptors (Lipinski definition) is 3. The molecule has 4 nitrogen and oxygen atoms in total. The van der Waals surface area contributed by atoms with E-state index in [1.165, 1.54) is 0 Å². The molecule has 0 aliphatic rings. The summed E-state index contributed by atoms with van der Waals surface area (Å²) in [5, 5.41) is 3.69. The number of alkyl halides is 1. The Morgan fingerprint density at radius 1 is 1.24 bits per heavy atom. The number of hydrogen-bond donors (Lipinski definition) is 1. The van der Waals surface area contributed by atoms with Crippen LogP contribution in [0.15, 0.2) is 18.2 Å². The summed E-state index contributed by atoms with van der Waals surface area (Å²) in [6, 6.07) is 5.10. The van der Waals surface area contributed by atoms with E-state index in [1.54, 1.807) is 32.4 Å². The van der Waals surface area contributed by atoms with Crippen LogP contribution in [0.1, 0.15) is 16.8 Å². The van der Waals surface area contributed by atoms with Crippen LogP contribution in [0.4, 0.5) is 0 Å². The van der Waals surface area contributed by atoms with Gasteiger partial charge in [-0.3, -0.25) is 4.79 Å². The average Bonchev–Trinajstić information content (AvgIpc) is 2.38. The lowest BCUT2D eigenvalue weighted by Crippen LogP contribution is -2.24. The monoisotopic (exact) mass is 301 g/mol. The van der Waals surface area contributed by atoms with Crippen LogP contribution >= 0.6 is 15.9 Å². The minimum Gasteiger partial charge on any atom is -0.497 e. The highest BCUT2D eigenvalue weighted by molar-refractivity contribution is 9.09. The van der Waals surface area contributed by atoms with Crippen molar-refractivity contribution in [3.05, 3.63) is 23.8 Å². The van der Waals surface area contributed by atoms with Crippen molar-refractivity contribution in [2.45, 2.75) is 6.42 Å². The summed E-state index contributed by atoms with van der Waals surface area (Å²) < 4.78 is 10.2. The third kappa shape index (κ3) is 4.26. The van der Waals surface area contributed by atoms with Gasteiger partial charge in [-0.1, -0.05) is 15.9 Å². The molecule has 0 aliphatic heterocycles. The second-order valence-electron chi connectivity index (χ2n) is 3.40. The van der Waals surface area contributed by atoms with Gasteiger partial charge < -0.3 is 14.8 Å². The number of halogens is 1. The van der Waals surface area contributed by atoms with Crippen molar-refractivity contribution in [3.63, 3.8) is 0 Å². The summed E-state index contributed by atoms with van der Waals surface area (Å²) >= 11 is 3.31. The lowest BCUT2D eigenvalue weighted by molar-refractivity contribution is 0.0953. The number of ether oxygens (including phenoxy) is 2. The van der Waals surface area contributed by atoms with Gasteiger partial charge in [0.05, 0.1) is 14.2 Å². The molecule has 5 heteroatoms. The Morgan fingerprint density at radius 3 is 2.29 bits per heavy atom. The van der Waals surface area contributed by atoms with E-state index in [1.807, 2.05) is 0 Å². The maximum atomic E-state index is 11.8. The third-order valence-corrected chi connectivity index (χ3v) is 2.77. The van der Waals surface area contributed by atoms with Crippen molar-refractivity contribution in [1.29, 1.82) is 0 Å². The van der Waals surface area contributed by atoms with Gasteiger partial charge in [-0.15, -0.1) is 0 Å². The number of methoxy groups -OCH3 is 2. The first-order valence-electron chi connectivity index (χ1n) is 5.28. The second-order valence-corrected chi connectivity index (χ2v) is 4.19. The van der Waals surface area contributed by atoms with E-state index >= 15 is 0 Å². The van der Waals surface area contributed by atoms with E-state index in [2.05, 4.69) is 21.2 Å². The molecule has 0 saturated heterocycles. The van der Waals surface area contributed by atoms with Crippen LogP contribution in [0.3, 0.4) is 0 Å². The van der Waals surface area contributed by atoms with Gasteiger partial charge in [0.25, 0.3) is 5.91 Å². The molecule has 0 atom stereocenters. The maximum Gasteiger partial charge on any atom is 0.251 e. The van der Waals surface area contributed by atoms with Crippen molar-refractivity contribution in [1.82, 2.24) is 5.32 Å². The largest absolute Gasteiger partial charge is 0.497 e. The summed E-state index contributed by atoms with van der Waals surface area (Å²) in [4.78, 5) is 11.8. The Balaban J connectivity index is 2.77. The van der Waals surface area contributed by atoms with E-state index < -0.39 is 0 Å². The molecule has 0 radical (unpaired) electrons. The quantitative estimate of drug-likeness (QED) is 0.647. The summed E-state index contributed by atoms with van der Waals surface area (Å²) in [5.74, 6) is 1.09. The number of carbonyl (C=O) groups excluding carboxylic acids is 1. The molecule has 0 fully saturated rings. The molecule has 94 valence electrons. The van der Waals surface area contributed by atoms with E-state index in [4.69, 9.17) is 9.47 Å². The van der Waals surface area contributed by atoms with Crippen LogP contribution in [0, 0.1) is 0 Å². The summed E-state index contributed by atoms with van der Waals surface area (Å²) in [6.07, 6.45) is 0.896. The first-order valence-corrected chi connectivity index (χ1v) is 6.40. The fourth-order valence-electron chi connectivity index (χ4n) is 1.31. The van der Waals surface area contributed by atoms with Crippen LogP contribution in [0.2, 0.25) is 0 Å². The molecule has 0 bridgehead atoms. The van der Waals surface area contributed by atoms with Crippen molar-refractivity contribution in [3.8, 4) is 11.5 Å². The van der Waals surface area contributed by atoms with Gasteiger partial charge in [0.2, 0.25) is 0 Å². The van der Waals surface area contributed by atoms with Crippen molar-refractivity contribution >= 4 is 21.8 Å². The normalized spacial score (nSPS) is 9.82. The number of benzene rings is 1. The highest BCUT2D eigenvalue weighted by Gasteiger charge is 2.08. The highest BCUT2D eigenvalue weighted by atomic mass is 79.9. The van der Waals surface area contributed by atoms with Gasteiger partial charge in [0.1, 0.15) is 11.5 Å². The van der Waals surface area contributed by atoms with E-state index in [0.717, 1.165) is 11.8 Å². The molecule has 0 heterocycles. The van der Waals surface area contributed by atoms with E-state index in [-0.39, 0.29) is 5.91 Å². The van der Waals surface area contributed by atoms with Gasteiger partial charge in [0, 0.05) is 23.5 Å². The number of amides is 1. The standard InChI is InChI=1S/C12H16BrNO3/c1-16-10-6-9(7-11(8-10)17-2)12(15)14-5-3-4-13/h6-8H,3-5H2,1-2H3,(H,14,15). The third-order valence-electron chi connectivity index (χ3n) is 2.21. The van der Waals surface area contributed by atoms with Gasteiger partial charge in [-0.25, -0.2) is 0 Å². The second kappa shape index (κ2) is 7.17. The molecule has 0 unspecified atom stereocenters. The topological polar surface area (TPSA) is 47.6 Å². The molecular formula is C12H16BrNO3. The molecular weight excluding hydrogens is 286 g/mol. The number of carbonyl (C=O) groups is 1. The van der Waals surface area contributed by atoms with Crippen LogP contribution in [-0.2, 0) is 0 Å². The van der Waals surface area contributed by atoms with Crippen LogP contribution in [0.25, 0.3) is 0 Å². The number of nitrogens with one attached hydrogen (secondary N) is 1. The molecule has 1 aromatic carbocycles. The fraction of sp³-hybridized carbons (Fsp3) is 0.417. The van der Waals surface area contributed by atoms with Crippen LogP contribution in [0.5, 0.6) is 11.5 Å².